The van der Waals surface area contributed by atoms with Gasteiger partial charge >= 0.3 is 5.97 Å². The van der Waals surface area contributed by atoms with Gasteiger partial charge in [-0.3, -0.25) is 9.59 Å². The summed E-state index contributed by atoms with van der Waals surface area (Å²) < 4.78 is 21.2. The lowest BCUT2D eigenvalue weighted by molar-refractivity contribution is 0.0524. The molecule has 2 aromatic rings. The number of nitrogens with one attached hydrogen (secondary N) is 1. The van der Waals surface area contributed by atoms with Crippen molar-refractivity contribution in [1.82, 2.24) is 4.98 Å². The van der Waals surface area contributed by atoms with Crippen LogP contribution >= 0.6 is 0 Å². The Hall–Kier alpha value is -3.29. The van der Waals surface area contributed by atoms with E-state index in [9.17, 15) is 14.4 Å². The number of hydrogen-bond donors (Lipinski definition) is 1. The van der Waals surface area contributed by atoms with Crippen LogP contribution in [0.4, 0.5) is 0 Å². The first-order valence-corrected chi connectivity index (χ1v) is 9.20. The maximum atomic E-state index is 12.8. The number of esters is 1. The number of pyridine rings is 1. The summed E-state index contributed by atoms with van der Waals surface area (Å²) in [5, 5.41) is 0. The second-order valence-electron chi connectivity index (χ2n) is 6.58. The van der Waals surface area contributed by atoms with Crippen molar-refractivity contribution in [2.45, 2.75) is 25.7 Å². The first-order valence-electron chi connectivity index (χ1n) is 9.20. The molecular weight excluding hydrogens is 378 g/mol. The Morgan fingerprint density at radius 3 is 2.41 bits per heavy atom. The number of aromatic nitrogens is 1. The van der Waals surface area contributed by atoms with Crippen molar-refractivity contribution in [1.29, 1.82) is 0 Å². The van der Waals surface area contributed by atoms with Gasteiger partial charge in [-0.25, -0.2) is 4.79 Å². The molecule has 0 aliphatic heterocycles. The van der Waals surface area contributed by atoms with Crippen LogP contribution in [0.1, 0.15) is 51.2 Å². The number of carbonyl (C=O) groups is 2. The van der Waals surface area contributed by atoms with Gasteiger partial charge in [-0.15, -0.1) is 0 Å². The fraction of sp³-hybridized carbons (Fsp3) is 0.381. The van der Waals surface area contributed by atoms with Crippen LogP contribution in [0, 0.1) is 0 Å². The Morgan fingerprint density at radius 1 is 1.07 bits per heavy atom. The van der Waals surface area contributed by atoms with E-state index in [4.69, 9.17) is 18.9 Å². The third-order valence-electron chi connectivity index (χ3n) is 4.98. The van der Waals surface area contributed by atoms with Gasteiger partial charge in [-0.1, -0.05) is 6.07 Å². The second kappa shape index (κ2) is 8.38. The first-order chi connectivity index (χ1) is 13.9. The van der Waals surface area contributed by atoms with Gasteiger partial charge in [0.1, 0.15) is 5.56 Å². The molecule has 1 heterocycles. The van der Waals surface area contributed by atoms with Gasteiger partial charge in [0.05, 0.1) is 27.9 Å². The van der Waals surface area contributed by atoms with Gasteiger partial charge in [0.15, 0.2) is 17.3 Å². The van der Waals surface area contributed by atoms with Gasteiger partial charge in [-0.2, -0.15) is 0 Å². The number of ether oxygens (including phenoxy) is 4. The molecule has 1 unspecified atom stereocenters. The number of methoxy groups -OCH3 is 3. The number of fused-ring (bicyclic) bond motifs is 1. The largest absolute Gasteiger partial charge is 0.493 e. The normalized spacial score (nSPS) is 15.4. The fourth-order valence-corrected chi connectivity index (χ4v) is 3.66. The molecule has 1 atom stereocenters. The van der Waals surface area contributed by atoms with Gasteiger partial charge in [-0.05, 0) is 25.5 Å². The number of rotatable bonds is 6. The molecule has 0 bridgehead atoms. The van der Waals surface area contributed by atoms with E-state index in [0.29, 0.717) is 34.9 Å². The average Bonchev–Trinajstić information content (AvgIpc) is 2.71. The lowest BCUT2D eigenvalue weighted by Crippen LogP contribution is -2.28. The quantitative estimate of drug-likeness (QED) is 0.742. The molecule has 0 saturated carbocycles. The minimum atomic E-state index is -0.743. The highest BCUT2D eigenvalue weighted by molar-refractivity contribution is 6.01. The van der Waals surface area contributed by atoms with Crippen LogP contribution in [-0.4, -0.2) is 44.7 Å². The van der Waals surface area contributed by atoms with Crippen molar-refractivity contribution < 1.29 is 28.5 Å². The number of aromatic amines is 1. The molecule has 0 amide bonds. The Morgan fingerprint density at radius 2 is 1.79 bits per heavy atom. The van der Waals surface area contributed by atoms with E-state index in [2.05, 4.69) is 4.98 Å². The minimum Gasteiger partial charge on any atom is -0.493 e. The lowest BCUT2D eigenvalue weighted by atomic mass is 9.81. The molecule has 1 aromatic heterocycles. The molecule has 0 radical (unpaired) electrons. The number of benzene rings is 1. The zero-order valence-corrected chi connectivity index (χ0v) is 16.8. The van der Waals surface area contributed by atoms with Crippen LogP contribution < -0.4 is 19.8 Å². The first kappa shape index (κ1) is 20.4. The average molecular weight is 401 g/mol. The van der Waals surface area contributed by atoms with Crippen LogP contribution in [-0.2, 0) is 11.2 Å². The maximum absolute atomic E-state index is 12.8. The standard InChI is InChI=1S/C21H23NO7/c1-5-29-21(25)14-10-13-15(22-20(14)24)8-11(9-16(13)23)12-6-7-17(26-2)19(28-4)18(12)27-3/h6-7,10-11H,5,8-9H2,1-4H3,(H,22,24). The maximum Gasteiger partial charge on any atom is 0.343 e. The molecule has 3 rings (SSSR count). The molecular formula is C21H23NO7. The Labute approximate surface area is 167 Å². The molecule has 1 aliphatic carbocycles. The van der Waals surface area contributed by atoms with Crippen LogP contribution in [0.15, 0.2) is 23.0 Å². The summed E-state index contributed by atoms with van der Waals surface area (Å²) >= 11 is 0. The van der Waals surface area contributed by atoms with E-state index in [-0.39, 0.29) is 30.3 Å². The summed E-state index contributed by atoms with van der Waals surface area (Å²) in [6, 6.07) is 4.91. The Balaban J connectivity index is 2.03. The van der Waals surface area contributed by atoms with Gasteiger partial charge in [0, 0.05) is 29.2 Å². The van der Waals surface area contributed by atoms with Crippen molar-refractivity contribution in [3.63, 3.8) is 0 Å². The van der Waals surface area contributed by atoms with E-state index in [0.717, 1.165) is 5.56 Å². The highest BCUT2D eigenvalue weighted by atomic mass is 16.5. The molecule has 0 saturated heterocycles. The fourth-order valence-electron chi connectivity index (χ4n) is 3.66. The van der Waals surface area contributed by atoms with E-state index in [1.807, 2.05) is 6.07 Å². The summed E-state index contributed by atoms with van der Waals surface area (Å²) in [5.74, 6) is 0.301. The van der Waals surface area contributed by atoms with E-state index in [1.54, 1.807) is 13.0 Å². The van der Waals surface area contributed by atoms with Gasteiger partial charge in [0.25, 0.3) is 5.56 Å². The minimum absolute atomic E-state index is 0.143. The SMILES string of the molecule is CCOC(=O)c1cc2c([nH]c1=O)CC(c1ccc(OC)c(OC)c1OC)CC2=O. The van der Waals surface area contributed by atoms with Crippen molar-refractivity contribution in [2.75, 3.05) is 27.9 Å². The highest BCUT2D eigenvalue weighted by Crippen LogP contribution is 2.45. The number of H-pyrrole nitrogens is 1. The van der Waals surface area contributed by atoms with E-state index in [1.165, 1.54) is 27.4 Å². The lowest BCUT2D eigenvalue weighted by Gasteiger charge is -2.26. The van der Waals surface area contributed by atoms with Crippen LogP contribution in [0.3, 0.4) is 0 Å². The third kappa shape index (κ3) is 3.70. The zero-order valence-electron chi connectivity index (χ0n) is 16.8. The summed E-state index contributed by atoms with van der Waals surface area (Å²) in [4.78, 5) is 39.8. The summed E-state index contributed by atoms with van der Waals surface area (Å²) in [7, 11) is 4.57. The molecule has 1 N–H and O–H groups in total. The van der Waals surface area contributed by atoms with Gasteiger partial charge in [0.2, 0.25) is 5.75 Å². The Kier molecular flexibility index (Phi) is 5.91. The van der Waals surface area contributed by atoms with E-state index >= 15 is 0 Å². The van der Waals surface area contributed by atoms with Crippen LogP contribution in [0.25, 0.3) is 0 Å². The third-order valence-corrected chi connectivity index (χ3v) is 4.98. The number of carbonyl (C=O) groups excluding carboxylic acids is 2. The molecule has 29 heavy (non-hydrogen) atoms. The predicted molar refractivity (Wildman–Crippen MR) is 105 cm³/mol. The monoisotopic (exact) mass is 401 g/mol. The highest BCUT2D eigenvalue weighted by Gasteiger charge is 2.32. The van der Waals surface area contributed by atoms with E-state index < -0.39 is 11.5 Å². The molecule has 0 spiro atoms. The van der Waals surface area contributed by atoms with Gasteiger partial charge < -0.3 is 23.9 Å². The van der Waals surface area contributed by atoms with Crippen molar-refractivity contribution in [3.05, 3.63) is 50.9 Å². The number of ketones is 1. The smallest absolute Gasteiger partial charge is 0.343 e. The molecule has 1 aliphatic rings. The molecule has 154 valence electrons. The molecule has 0 fully saturated rings. The topological polar surface area (TPSA) is 104 Å². The predicted octanol–water partition coefficient (Wildman–Crippen LogP) is 2.49. The summed E-state index contributed by atoms with van der Waals surface area (Å²) in [6.07, 6.45) is 0.610. The van der Waals surface area contributed by atoms with Crippen LogP contribution in [0.2, 0.25) is 0 Å². The number of hydrogen-bond acceptors (Lipinski definition) is 7. The Bertz CT molecular complexity index is 1010. The second-order valence-corrected chi connectivity index (χ2v) is 6.58. The van der Waals surface area contributed by atoms with Crippen molar-refractivity contribution in [2.24, 2.45) is 0 Å². The molecule has 1 aromatic carbocycles. The summed E-state index contributed by atoms with van der Waals surface area (Å²) in [6.45, 7) is 1.79. The molecule has 8 heteroatoms. The zero-order chi connectivity index (χ0) is 21.1. The van der Waals surface area contributed by atoms with Crippen LogP contribution in [0.5, 0.6) is 17.2 Å². The molecule has 8 nitrogen and oxygen atoms in total. The summed E-state index contributed by atoms with van der Waals surface area (Å²) in [5.41, 5.74) is 0.861. The van der Waals surface area contributed by atoms with Crippen molar-refractivity contribution >= 4 is 11.8 Å². The van der Waals surface area contributed by atoms with Crippen molar-refractivity contribution in [3.8, 4) is 17.2 Å². The number of Topliss-reactive ketones (excluding diaryl/α,β-unsaturated/α-hetero) is 1.